The lowest BCUT2D eigenvalue weighted by Crippen LogP contribution is -2.56. The van der Waals surface area contributed by atoms with Crippen molar-refractivity contribution in [3.63, 3.8) is 0 Å². The number of amides is 1. The second kappa shape index (κ2) is 4.46. The van der Waals surface area contributed by atoms with E-state index in [-0.39, 0.29) is 29.5 Å². The number of hydrogen-bond donors (Lipinski definition) is 2. The Morgan fingerprint density at radius 3 is 2.67 bits per heavy atom. The molecule has 6 nitrogen and oxygen atoms in total. The van der Waals surface area contributed by atoms with Gasteiger partial charge in [0.2, 0.25) is 0 Å². The zero-order chi connectivity index (χ0) is 11.6. The van der Waals surface area contributed by atoms with Gasteiger partial charge in [0.05, 0.1) is 17.5 Å². The van der Waals surface area contributed by atoms with Gasteiger partial charge in [-0.2, -0.15) is 0 Å². The number of sulfone groups is 1. The molecule has 2 atom stereocenters. The molecule has 7 heteroatoms. The van der Waals surface area contributed by atoms with E-state index in [2.05, 4.69) is 5.43 Å². The molecule has 88 valence electrons. The van der Waals surface area contributed by atoms with E-state index in [1.54, 1.807) is 13.8 Å². The first-order valence-corrected chi connectivity index (χ1v) is 6.66. The Hall–Kier alpha value is -0.660. The van der Waals surface area contributed by atoms with Crippen LogP contribution >= 0.6 is 0 Å². The van der Waals surface area contributed by atoms with Crippen LogP contribution in [0.1, 0.15) is 13.8 Å². The summed E-state index contributed by atoms with van der Waals surface area (Å²) in [4.78, 5) is 13.1. The highest BCUT2D eigenvalue weighted by Crippen LogP contribution is 2.14. The fourth-order valence-corrected chi connectivity index (χ4v) is 3.44. The second-order valence-corrected chi connectivity index (χ2v) is 6.11. The number of carbonyl (C=O) groups excluding carboxylic acids is 1. The van der Waals surface area contributed by atoms with E-state index in [1.807, 2.05) is 4.90 Å². The third kappa shape index (κ3) is 2.90. The monoisotopic (exact) mass is 235 g/mol. The summed E-state index contributed by atoms with van der Waals surface area (Å²) in [5.41, 5.74) is 2.07. The average molecular weight is 235 g/mol. The third-order valence-corrected chi connectivity index (χ3v) is 4.54. The predicted octanol–water partition coefficient (Wildman–Crippen LogP) is -1.52. The Balaban J connectivity index is 2.70. The lowest BCUT2D eigenvalue weighted by molar-refractivity contribution is -0.126. The van der Waals surface area contributed by atoms with Gasteiger partial charge in [-0.15, -0.1) is 0 Å². The van der Waals surface area contributed by atoms with Crippen LogP contribution < -0.4 is 11.3 Å². The summed E-state index contributed by atoms with van der Waals surface area (Å²) >= 11 is 0. The van der Waals surface area contributed by atoms with Gasteiger partial charge in [0, 0.05) is 12.6 Å². The van der Waals surface area contributed by atoms with Crippen molar-refractivity contribution in [2.45, 2.75) is 25.9 Å². The van der Waals surface area contributed by atoms with Gasteiger partial charge in [-0.25, -0.2) is 14.3 Å². The van der Waals surface area contributed by atoms with Gasteiger partial charge in [-0.05, 0) is 13.8 Å². The lowest BCUT2D eigenvalue weighted by Gasteiger charge is -2.36. The maximum Gasteiger partial charge on any atom is 0.250 e. The van der Waals surface area contributed by atoms with E-state index < -0.39 is 9.84 Å². The molecule has 1 amide bonds. The molecule has 0 aliphatic carbocycles. The van der Waals surface area contributed by atoms with Crippen molar-refractivity contribution in [1.29, 1.82) is 0 Å². The van der Waals surface area contributed by atoms with Crippen LogP contribution in [-0.2, 0) is 14.6 Å². The first-order chi connectivity index (χ1) is 6.87. The molecule has 2 unspecified atom stereocenters. The molecule has 0 radical (unpaired) electrons. The zero-order valence-corrected chi connectivity index (χ0v) is 9.75. The zero-order valence-electron chi connectivity index (χ0n) is 8.93. The van der Waals surface area contributed by atoms with Gasteiger partial charge in [-0.1, -0.05) is 0 Å². The summed E-state index contributed by atoms with van der Waals surface area (Å²) in [5.74, 6) is 4.96. The summed E-state index contributed by atoms with van der Waals surface area (Å²) in [6.07, 6.45) is 0. The van der Waals surface area contributed by atoms with Crippen molar-refractivity contribution in [1.82, 2.24) is 10.3 Å². The summed E-state index contributed by atoms with van der Waals surface area (Å²) in [5, 5.41) is 0. The SMILES string of the molecule is CC1CS(=O)(=O)CCN1C(C)C(=O)NN. The Morgan fingerprint density at radius 1 is 1.60 bits per heavy atom. The minimum Gasteiger partial charge on any atom is -0.293 e. The van der Waals surface area contributed by atoms with Crippen LogP contribution in [0, 0.1) is 0 Å². The molecule has 1 rings (SSSR count). The highest BCUT2D eigenvalue weighted by molar-refractivity contribution is 7.91. The van der Waals surface area contributed by atoms with Crippen molar-refractivity contribution in [3.05, 3.63) is 0 Å². The molecular formula is C8H17N3O3S. The van der Waals surface area contributed by atoms with Crippen LogP contribution in [-0.4, -0.2) is 49.4 Å². The first-order valence-electron chi connectivity index (χ1n) is 4.84. The molecule has 0 aromatic rings. The molecule has 0 saturated carbocycles. The molecule has 1 aliphatic heterocycles. The number of hydrazine groups is 1. The van der Waals surface area contributed by atoms with Gasteiger partial charge < -0.3 is 0 Å². The quantitative estimate of drug-likeness (QED) is 0.345. The number of nitrogens with one attached hydrogen (secondary N) is 1. The first kappa shape index (κ1) is 12.4. The molecule has 1 fully saturated rings. The summed E-state index contributed by atoms with van der Waals surface area (Å²) in [6.45, 7) is 3.91. The molecule has 3 N–H and O–H groups in total. The normalized spacial score (nSPS) is 28.3. The molecule has 0 aromatic carbocycles. The molecule has 1 heterocycles. The van der Waals surface area contributed by atoms with Gasteiger partial charge in [0.25, 0.3) is 5.91 Å². The lowest BCUT2D eigenvalue weighted by atomic mass is 10.2. The van der Waals surface area contributed by atoms with Crippen molar-refractivity contribution in [3.8, 4) is 0 Å². The highest BCUT2D eigenvalue weighted by atomic mass is 32.2. The molecule has 1 aliphatic rings. The van der Waals surface area contributed by atoms with Gasteiger partial charge in [0.15, 0.2) is 9.84 Å². The Bertz CT molecular complexity index is 341. The van der Waals surface area contributed by atoms with E-state index in [4.69, 9.17) is 5.84 Å². The van der Waals surface area contributed by atoms with Gasteiger partial charge in [0.1, 0.15) is 0 Å². The molecule has 0 spiro atoms. The number of carbonyl (C=O) groups is 1. The summed E-state index contributed by atoms with van der Waals surface area (Å²) in [7, 11) is -2.94. The van der Waals surface area contributed by atoms with Crippen LogP contribution in [0.4, 0.5) is 0 Å². The summed E-state index contributed by atoms with van der Waals surface area (Å²) < 4.78 is 22.6. The predicted molar refractivity (Wildman–Crippen MR) is 56.6 cm³/mol. The minimum atomic E-state index is -2.94. The van der Waals surface area contributed by atoms with E-state index >= 15 is 0 Å². The van der Waals surface area contributed by atoms with E-state index in [1.165, 1.54) is 0 Å². The van der Waals surface area contributed by atoms with Gasteiger partial charge >= 0.3 is 0 Å². The van der Waals surface area contributed by atoms with Crippen molar-refractivity contribution >= 4 is 15.7 Å². The van der Waals surface area contributed by atoms with Crippen LogP contribution in [0.25, 0.3) is 0 Å². The number of rotatable bonds is 2. The topological polar surface area (TPSA) is 92.5 Å². The second-order valence-electron chi connectivity index (χ2n) is 3.89. The maximum atomic E-state index is 11.3. The fourth-order valence-electron chi connectivity index (χ4n) is 1.86. The number of hydrogen-bond acceptors (Lipinski definition) is 5. The van der Waals surface area contributed by atoms with Crippen molar-refractivity contribution < 1.29 is 13.2 Å². The van der Waals surface area contributed by atoms with Crippen LogP contribution in [0.2, 0.25) is 0 Å². The molecular weight excluding hydrogens is 218 g/mol. The highest BCUT2D eigenvalue weighted by Gasteiger charge is 2.33. The minimum absolute atomic E-state index is 0.106. The van der Waals surface area contributed by atoms with Crippen LogP contribution in [0.15, 0.2) is 0 Å². The summed E-state index contributed by atoms with van der Waals surface area (Å²) in [6, 6.07) is -0.531. The Morgan fingerprint density at radius 2 is 2.20 bits per heavy atom. The van der Waals surface area contributed by atoms with Gasteiger partial charge in [-0.3, -0.25) is 15.1 Å². The average Bonchev–Trinajstić information content (AvgIpc) is 2.14. The molecule has 15 heavy (non-hydrogen) atoms. The van der Waals surface area contributed by atoms with E-state index in [0.29, 0.717) is 6.54 Å². The largest absolute Gasteiger partial charge is 0.293 e. The van der Waals surface area contributed by atoms with Crippen LogP contribution in [0.5, 0.6) is 0 Å². The number of nitrogens with zero attached hydrogens (tertiary/aromatic N) is 1. The van der Waals surface area contributed by atoms with E-state index in [9.17, 15) is 13.2 Å². The van der Waals surface area contributed by atoms with Crippen molar-refractivity contribution in [2.24, 2.45) is 5.84 Å². The molecule has 0 bridgehead atoms. The molecule has 1 saturated heterocycles. The third-order valence-electron chi connectivity index (χ3n) is 2.74. The maximum absolute atomic E-state index is 11.3. The smallest absolute Gasteiger partial charge is 0.250 e. The molecule has 0 aromatic heterocycles. The van der Waals surface area contributed by atoms with Crippen molar-refractivity contribution in [2.75, 3.05) is 18.1 Å². The van der Waals surface area contributed by atoms with E-state index in [0.717, 1.165) is 0 Å². The fraction of sp³-hybridized carbons (Fsp3) is 0.875. The standard InChI is InChI=1S/C8H17N3O3S/c1-6-5-15(13,14)4-3-11(6)7(2)8(12)10-9/h6-7H,3-5,9H2,1-2H3,(H,10,12). The Kier molecular flexibility index (Phi) is 3.69. The number of nitrogens with two attached hydrogens (primary N) is 1. The van der Waals surface area contributed by atoms with Crippen LogP contribution in [0.3, 0.4) is 0 Å². The Labute approximate surface area is 89.7 Å².